The number of likely N-dealkylation sites (N-methyl/N-ethyl adjacent to an activating group) is 1. The number of ether oxygens (including phenoxy) is 6. The quantitative estimate of drug-likeness (QED) is 0.178. The first-order valence-corrected chi connectivity index (χ1v) is 19.6. The van der Waals surface area contributed by atoms with Crippen molar-refractivity contribution in [1.82, 2.24) is 15.1 Å². The molecule has 6 heterocycles. The Morgan fingerprint density at radius 3 is 2.60 bits per heavy atom. The summed E-state index contributed by atoms with van der Waals surface area (Å²) in [7, 11) is 5.24. The molecule has 8 rings (SSSR count). The van der Waals surface area contributed by atoms with Crippen LogP contribution in [0.5, 0.6) is 28.7 Å². The topological polar surface area (TPSA) is 152 Å². The summed E-state index contributed by atoms with van der Waals surface area (Å²) in [5, 5.41) is 25.6. The lowest BCUT2D eigenvalue weighted by Gasteiger charge is -2.61. The first-order chi connectivity index (χ1) is 25.7. The Labute approximate surface area is 315 Å². The molecule has 2 fully saturated rings. The van der Waals surface area contributed by atoms with Crippen molar-refractivity contribution < 1.29 is 43.1 Å². The minimum atomic E-state index is -0.903. The van der Waals surface area contributed by atoms with Gasteiger partial charge >= 0.3 is 5.97 Å². The summed E-state index contributed by atoms with van der Waals surface area (Å²) in [5.74, 6) is 1.67. The van der Waals surface area contributed by atoms with Gasteiger partial charge in [-0.05, 0) is 44.9 Å². The predicted octanol–water partition coefficient (Wildman–Crippen LogP) is 5.13. The maximum atomic E-state index is 13.8. The molecular formula is C39H50N4O9S. The zero-order valence-corrected chi connectivity index (χ0v) is 32.2. The molecule has 2 saturated heterocycles. The molecule has 286 valence electrons. The normalized spacial score (nSPS) is 27.2. The van der Waals surface area contributed by atoms with Crippen LogP contribution in [0, 0.1) is 25.2 Å². The van der Waals surface area contributed by atoms with E-state index < -0.39 is 35.4 Å². The molecule has 1 amide bonds. The highest BCUT2D eigenvalue weighted by molar-refractivity contribution is 7.99. The zero-order valence-electron chi connectivity index (χ0n) is 31.4. The molecule has 14 heteroatoms. The van der Waals surface area contributed by atoms with Gasteiger partial charge in [0.1, 0.15) is 24.4 Å². The summed E-state index contributed by atoms with van der Waals surface area (Å²) >= 11 is 1.47. The van der Waals surface area contributed by atoms with Gasteiger partial charge in [-0.25, -0.2) is 4.79 Å². The summed E-state index contributed by atoms with van der Waals surface area (Å²) in [6.45, 7) is 5.80. The molecule has 0 aliphatic carbocycles. The first-order valence-electron chi connectivity index (χ1n) is 18.6. The van der Waals surface area contributed by atoms with Crippen molar-refractivity contribution in [1.29, 1.82) is 5.26 Å². The fraction of sp³-hybridized carbons (Fsp3) is 0.615. The number of fused-ring (bicyclic) bond motifs is 10. The number of phenols is 1. The summed E-state index contributed by atoms with van der Waals surface area (Å²) in [6, 6.07) is 1.57. The van der Waals surface area contributed by atoms with Gasteiger partial charge in [-0.1, -0.05) is 38.7 Å². The third-order valence-electron chi connectivity index (χ3n) is 11.6. The maximum absolute atomic E-state index is 13.8. The Kier molecular flexibility index (Phi) is 10.9. The smallest absolute Gasteiger partial charge is 0.329 e. The van der Waals surface area contributed by atoms with Crippen molar-refractivity contribution in [2.75, 3.05) is 47.2 Å². The highest BCUT2D eigenvalue weighted by Crippen LogP contribution is 2.63. The molecule has 2 N–H and O–H groups in total. The van der Waals surface area contributed by atoms with E-state index in [1.165, 1.54) is 11.8 Å². The number of nitrogens with zero attached hydrogens (tertiary/aromatic N) is 3. The fourth-order valence-corrected chi connectivity index (χ4v) is 10.7. The number of unbranched alkanes of at least 4 members (excludes halogenated alkanes) is 4. The molecule has 0 aromatic heterocycles. The molecule has 4 bridgehead atoms. The molecule has 0 saturated carbocycles. The Morgan fingerprint density at radius 1 is 1.09 bits per heavy atom. The molecule has 13 nitrogen and oxygen atoms in total. The highest BCUT2D eigenvalue weighted by Gasteiger charge is 2.60. The Balaban J connectivity index is 1.38. The van der Waals surface area contributed by atoms with E-state index in [1.54, 1.807) is 14.2 Å². The average molecular weight is 751 g/mol. The number of aromatic hydroxyl groups is 1. The number of esters is 1. The molecule has 0 radical (unpaired) electrons. The number of nitrogens with one attached hydrogen (secondary N) is 1. The number of aryl methyl sites for hydroxylation is 1. The van der Waals surface area contributed by atoms with E-state index in [-0.39, 0.29) is 49.7 Å². The van der Waals surface area contributed by atoms with Gasteiger partial charge in [-0.2, -0.15) is 5.26 Å². The molecule has 0 spiro atoms. The first kappa shape index (κ1) is 37.4. The molecule has 53 heavy (non-hydrogen) atoms. The number of thioether (sulfide) groups is 1. The summed E-state index contributed by atoms with van der Waals surface area (Å²) in [4.78, 5) is 31.4. The van der Waals surface area contributed by atoms with E-state index >= 15 is 0 Å². The van der Waals surface area contributed by atoms with Gasteiger partial charge in [0.2, 0.25) is 12.7 Å². The monoisotopic (exact) mass is 750 g/mol. The average Bonchev–Trinajstić information content (AvgIpc) is 3.64. The van der Waals surface area contributed by atoms with Crippen molar-refractivity contribution >= 4 is 23.6 Å². The van der Waals surface area contributed by atoms with Gasteiger partial charge < -0.3 is 38.8 Å². The lowest BCUT2D eigenvalue weighted by Crippen LogP contribution is -2.69. The van der Waals surface area contributed by atoms with Crippen molar-refractivity contribution in [3.63, 3.8) is 0 Å². The van der Waals surface area contributed by atoms with Gasteiger partial charge in [0.15, 0.2) is 29.8 Å². The summed E-state index contributed by atoms with van der Waals surface area (Å²) in [5.41, 5.74) is 4.78. The number of rotatable bonds is 11. The summed E-state index contributed by atoms with van der Waals surface area (Å²) in [6.07, 6.45) is 5.91. The molecule has 6 aliphatic rings. The van der Waals surface area contributed by atoms with Crippen molar-refractivity contribution in [3.8, 4) is 34.8 Å². The molecule has 6 aliphatic heterocycles. The van der Waals surface area contributed by atoms with E-state index in [2.05, 4.69) is 34.2 Å². The van der Waals surface area contributed by atoms with Crippen molar-refractivity contribution in [3.05, 3.63) is 39.4 Å². The number of benzene rings is 2. The van der Waals surface area contributed by atoms with E-state index in [0.717, 1.165) is 48.8 Å². The predicted molar refractivity (Wildman–Crippen MR) is 196 cm³/mol. The third kappa shape index (κ3) is 6.33. The number of carbonyl (C=O) groups is 2. The van der Waals surface area contributed by atoms with Crippen LogP contribution >= 0.6 is 11.8 Å². The van der Waals surface area contributed by atoms with Crippen LogP contribution in [0.25, 0.3) is 0 Å². The standard InChI is InChI=1S/C39H50N4O9S/c1-7-8-9-10-11-12-27(44)41-23-17-53-38-30-29(37-35(51-19-52-37)21(3)33(30)45)26(16-49-39(23)46)43-25(15-40)24-14-22-13-20(2)34(48-6)36(50-18-47-5)28(22)31(32(38)43)42(24)4/h13,23-26,31-32,38,45H,7-12,14,16-19H2,1-6H3,(H,41,44)/t23-,24-,25-,26-,31+,32?,38+/m0/s1. The van der Waals surface area contributed by atoms with E-state index in [1.807, 2.05) is 20.9 Å². The number of carbonyl (C=O) groups excluding carboxylic acids is 2. The van der Waals surface area contributed by atoms with Crippen LogP contribution in [0.1, 0.15) is 96.2 Å². The lowest BCUT2D eigenvalue weighted by atomic mass is 9.71. The van der Waals surface area contributed by atoms with Gasteiger partial charge in [0.25, 0.3) is 0 Å². The van der Waals surface area contributed by atoms with Gasteiger partial charge in [-0.3, -0.25) is 14.6 Å². The van der Waals surface area contributed by atoms with Crippen LogP contribution in [-0.2, 0) is 25.5 Å². The van der Waals surface area contributed by atoms with Gasteiger partial charge in [0.05, 0.1) is 30.5 Å². The van der Waals surface area contributed by atoms with E-state index in [0.29, 0.717) is 52.5 Å². The zero-order chi connectivity index (χ0) is 37.6. The minimum absolute atomic E-state index is 0.00431. The van der Waals surface area contributed by atoms with Crippen LogP contribution in [0.15, 0.2) is 6.07 Å². The maximum Gasteiger partial charge on any atom is 0.329 e. The van der Waals surface area contributed by atoms with Crippen LogP contribution < -0.4 is 24.3 Å². The number of hydrogen-bond donors (Lipinski definition) is 2. The Hall–Kier alpha value is -3.90. The van der Waals surface area contributed by atoms with Crippen LogP contribution in [0.3, 0.4) is 0 Å². The number of piperazine rings is 1. The van der Waals surface area contributed by atoms with Crippen molar-refractivity contribution in [2.45, 2.75) is 107 Å². The second-order valence-corrected chi connectivity index (χ2v) is 15.8. The molecule has 1 unspecified atom stereocenters. The number of hydrogen-bond acceptors (Lipinski definition) is 13. The molecular weight excluding hydrogens is 701 g/mol. The van der Waals surface area contributed by atoms with Crippen molar-refractivity contribution in [2.24, 2.45) is 0 Å². The van der Waals surface area contributed by atoms with E-state index in [4.69, 9.17) is 28.4 Å². The number of nitriles is 1. The van der Waals surface area contributed by atoms with E-state index in [9.17, 15) is 20.0 Å². The molecule has 2 aromatic rings. The second kappa shape index (κ2) is 15.5. The van der Waals surface area contributed by atoms with Gasteiger partial charge in [0, 0.05) is 53.6 Å². The van der Waals surface area contributed by atoms with Crippen LogP contribution in [0.2, 0.25) is 0 Å². The fourth-order valence-electron chi connectivity index (χ4n) is 9.20. The minimum Gasteiger partial charge on any atom is -0.507 e. The second-order valence-electron chi connectivity index (χ2n) is 14.6. The lowest BCUT2D eigenvalue weighted by molar-refractivity contribution is -0.152. The van der Waals surface area contributed by atoms with Crippen LogP contribution in [-0.4, -0.2) is 98.2 Å². The largest absolute Gasteiger partial charge is 0.507 e. The Morgan fingerprint density at radius 2 is 1.87 bits per heavy atom. The highest BCUT2D eigenvalue weighted by atomic mass is 32.2. The third-order valence-corrected chi connectivity index (χ3v) is 13.0. The number of methoxy groups -OCH3 is 2. The van der Waals surface area contributed by atoms with Crippen LogP contribution in [0.4, 0.5) is 0 Å². The molecule has 7 atom stereocenters. The SMILES string of the molecule is CCCCCCCC(=O)N[C@H]1CS[C@@H]2c3c(O)c(C)c4c(c3[C@H](COC1=O)N1C2[C@H]2c3c(cc(C)c(OC)c3OCOC)C[C@@H]([C@@H]1C#N)N2C)OCO4. The van der Waals surface area contributed by atoms with Gasteiger partial charge in [-0.15, -0.1) is 11.8 Å². The number of phenolic OH excluding ortho intramolecular Hbond substituents is 1. The number of amides is 1. The molecule has 2 aromatic carbocycles. The Bertz CT molecular complexity index is 1800. The summed E-state index contributed by atoms with van der Waals surface area (Å²) < 4.78 is 35.8.